The monoisotopic (exact) mass is 296 g/mol. The van der Waals surface area contributed by atoms with Gasteiger partial charge >= 0.3 is 0 Å². The van der Waals surface area contributed by atoms with Gasteiger partial charge < -0.3 is 5.32 Å². The van der Waals surface area contributed by atoms with Gasteiger partial charge in [0.25, 0.3) is 5.91 Å². The van der Waals surface area contributed by atoms with E-state index in [1.807, 2.05) is 36.6 Å². The van der Waals surface area contributed by atoms with E-state index >= 15 is 0 Å². The second-order valence-electron chi connectivity index (χ2n) is 4.36. The van der Waals surface area contributed by atoms with E-state index in [0.29, 0.717) is 5.69 Å². The van der Waals surface area contributed by atoms with E-state index in [0.717, 1.165) is 16.3 Å². The molecule has 0 aliphatic rings. The van der Waals surface area contributed by atoms with E-state index in [1.165, 1.54) is 12.4 Å². The molecule has 1 aromatic carbocycles. The number of anilines is 1. The highest BCUT2D eigenvalue weighted by atomic mass is 32.1. The van der Waals surface area contributed by atoms with Crippen molar-refractivity contribution in [2.75, 3.05) is 5.32 Å². The summed E-state index contributed by atoms with van der Waals surface area (Å²) in [6.45, 7) is 1.96. The maximum Gasteiger partial charge on any atom is 0.293 e. The van der Waals surface area contributed by atoms with Crippen LogP contribution < -0.4 is 5.32 Å². The SMILES string of the molecule is Cc1nc(-c2cccc(NC(=O)c3ncccn3)c2)cs1. The summed E-state index contributed by atoms with van der Waals surface area (Å²) in [7, 11) is 0. The van der Waals surface area contributed by atoms with Crippen molar-refractivity contribution in [1.82, 2.24) is 15.0 Å². The number of hydrogen-bond donors (Lipinski definition) is 1. The Kier molecular flexibility index (Phi) is 3.70. The van der Waals surface area contributed by atoms with E-state index in [1.54, 1.807) is 17.4 Å². The van der Waals surface area contributed by atoms with E-state index in [-0.39, 0.29) is 11.7 Å². The van der Waals surface area contributed by atoms with Crippen LogP contribution in [0.2, 0.25) is 0 Å². The number of hydrogen-bond acceptors (Lipinski definition) is 5. The third-order valence-corrected chi connectivity index (χ3v) is 3.58. The molecule has 0 unspecified atom stereocenters. The van der Waals surface area contributed by atoms with Crippen LogP contribution in [-0.2, 0) is 0 Å². The maximum atomic E-state index is 12.0. The van der Waals surface area contributed by atoms with Crippen LogP contribution in [0.3, 0.4) is 0 Å². The lowest BCUT2D eigenvalue weighted by atomic mass is 10.1. The molecule has 1 amide bonds. The molecule has 0 aliphatic carbocycles. The fourth-order valence-corrected chi connectivity index (χ4v) is 2.48. The lowest BCUT2D eigenvalue weighted by Gasteiger charge is -2.05. The van der Waals surface area contributed by atoms with E-state index in [2.05, 4.69) is 20.3 Å². The van der Waals surface area contributed by atoms with Crippen molar-refractivity contribution in [2.45, 2.75) is 6.92 Å². The number of nitrogens with one attached hydrogen (secondary N) is 1. The Morgan fingerprint density at radius 2 is 2.00 bits per heavy atom. The third-order valence-electron chi connectivity index (χ3n) is 2.80. The summed E-state index contributed by atoms with van der Waals surface area (Å²) in [5.74, 6) is -0.186. The molecule has 2 aromatic heterocycles. The van der Waals surface area contributed by atoms with Crippen LogP contribution >= 0.6 is 11.3 Å². The predicted molar refractivity (Wildman–Crippen MR) is 82.3 cm³/mol. The smallest absolute Gasteiger partial charge is 0.293 e. The highest BCUT2D eigenvalue weighted by Gasteiger charge is 2.09. The Hall–Kier alpha value is -2.60. The standard InChI is InChI=1S/C15H12N4OS/c1-10-18-13(9-21-10)11-4-2-5-12(8-11)19-15(20)14-16-6-3-7-17-14/h2-9H,1H3,(H,19,20). The number of nitrogens with zero attached hydrogens (tertiary/aromatic N) is 3. The average molecular weight is 296 g/mol. The first-order chi connectivity index (χ1) is 10.2. The minimum absolute atomic E-state index is 0.146. The Morgan fingerprint density at radius 3 is 2.71 bits per heavy atom. The molecule has 0 radical (unpaired) electrons. The molecule has 0 fully saturated rings. The molecule has 1 N–H and O–H groups in total. The van der Waals surface area contributed by atoms with E-state index in [4.69, 9.17) is 0 Å². The Labute approximate surface area is 125 Å². The summed E-state index contributed by atoms with van der Waals surface area (Å²) in [4.78, 5) is 24.3. The fraction of sp³-hybridized carbons (Fsp3) is 0.0667. The number of rotatable bonds is 3. The van der Waals surface area contributed by atoms with Crippen LogP contribution in [-0.4, -0.2) is 20.9 Å². The van der Waals surface area contributed by atoms with Crippen molar-refractivity contribution in [3.8, 4) is 11.3 Å². The third kappa shape index (κ3) is 3.11. The second-order valence-corrected chi connectivity index (χ2v) is 5.42. The van der Waals surface area contributed by atoms with Gasteiger partial charge in [0.2, 0.25) is 5.82 Å². The van der Waals surface area contributed by atoms with Crippen LogP contribution in [0.25, 0.3) is 11.3 Å². The molecule has 0 atom stereocenters. The van der Waals surface area contributed by atoms with Gasteiger partial charge in [-0.15, -0.1) is 11.3 Å². The molecule has 0 saturated heterocycles. The average Bonchev–Trinajstić information content (AvgIpc) is 2.95. The molecular weight excluding hydrogens is 284 g/mol. The second kappa shape index (κ2) is 5.80. The molecule has 0 aliphatic heterocycles. The number of aromatic nitrogens is 3. The van der Waals surface area contributed by atoms with Gasteiger partial charge in [0, 0.05) is 29.0 Å². The van der Waals surface area contributed by atoms with Crippen molar-refractivity contribution < 1.29 is 4.79 Å². The van der Waals surface area contributed by atoms with Crippen molar-refractivity contribution >= 4 is 22.9 Å². The van der Waals surface area contributed by atoms with E-state index in [9.17, 15) is 4.79 Å². The highest BCUT2D eigenvalue weighted by molar-refractivity contribution is 7.09. The summed E-state index contributed by atoms with van der Waals surface area (Å²) in [5.41, 5.74) is 2.56. The van der Waals surface area contributed by atoms with Crippen LogP contribution in [0.15, 0.2) is 48.1 Å². The molecule has 0 spiro atoms. The number of amides is 1. The van der Waals surface area contributed by atoms with Crippen molar-refractivity contribution in [2.24, 2.45) is 0 Å². The van der Waals surface area contributed by atoms with Gasteiger partial charge in [0.1, 0.15) is 0 Å². The minimum atomic E-state index is -0.331. The summed E-state index contributed by atoms with van der Waals surface area (Å²) in [6, 6.07) is 9.22. The normalized spacial score (nSPS) is 10.3. The first-order valence-electron chi connectivity index (χ1n) is 6.33. The van der Waals surface area contributed by atoms with Crippen LogP contribution in [0.4, 0.5) is 5.69 Å². The van der Waals surface area contributed by atoms with Crippen molar-refractivity contribution in [1.29, 1.82) is 0 Å². The van der Waals surface area contributed by atoms with Crippen LogP contribution in [0, 0.1) is 6.92 Å². The Bertz CT molecular complexity index is 770. The zero-order valence-electron chi connectivity index (χ0n) is 11.3. The number of aryl methyl sites for hydroxylation is 1. The Morgan fingerprint density at radius 1 is 1.19 bits per heavy atom. The maximum absolute atomic E-state index is 12.0. The Balaban J connectivity index is 1.82. The van der Waals surface area contributed by atoms with Gasteiger partial charge in [-0.05, 0) is 25.1 Å². The molecule has 5 nitrogen and oxygen atoms in total. The lowest BCUT2D eigenvalue weighted by Crippen LogP contribution is -2.15. The van der Waals surface area contributed by atoms with Gasteiger partial charge in [-0.3, -0.25) is 4.79 Å². The van der Waals surface area contributed by atoms with Gasteiger partial charge in [0.05, 0.1) is 10.7 Å². The quantitative estimate of drug-likeness (QED) is 0.806. The van der Waals surface area contributed by atoms with Crippen molar-refractivity contribution in [3.05, 3.63) is 58.9 Å². The first-order valence-corrected chi connectivity index (χ1v) is 7.21. The van der Waals surface area contributed by atoms with Crippen LogP contribution in [0.5, 0.6) is 0 Å². The summed E-state index contributed by atoms with van der Waals surface area (Å²) >= 11 is 1.60. The number of carbonyl (C=O) groups excluding carboxylic acids is 1. The highest BCUT2D eigenvalue weighted by Crippen LogP contribution is 2.24. The van der Waals surface area contributed by atoms with Gasteiger partial charge in [0.15, 0.2) is 0 Å². The molecule has 0 saturated carbocycles. The molecule has 6 heteroatoms. The van der Waals surface area contributed by atoms with Gasteiger partial charge in [-0.25, -0.2) is 15.0 Å². The van der Waals surface area contributed by atoms with E-state index < -0.39 is 0 Å². The topological polar surface area (TPSA) is 67.8 Å². The zero-order chi connectivity index (χ0) is 14.7. The van der Waals surface area contributed by atoms with Gasteiger partial charge in [-0.2, -0.15) is 0 Å². The zero-order valence-corrected chi connectivity index (χ0v) is 12.1. The largest absolute Gasteiger partial charge is 0.319 e. The minimum Gasteiger partial charge on any atom is -0.319 e. The first kappa shape index (κ1) is 13.4. The van der Waals surface area contributed by atoms with Crippen molar-refractivity contribution in [3.63, 3.8) is 0 Å². The summed E-state index contributed by atoms with van der Waals surface area (Å²) in [6.07, 6.45) is 3.08. The molecule has 104 valence electrons. The van der Waals surface area contributed by atoms with Gasteiger partial charge in [-0.1, -0.05) is 12.1 Å². The fourth-order valence-electron chi connectivity index (χ4n) is 1.86. The summed E-state index contributed by atoms with van der Waals surface area (Å²) in [5, 5.41) is 5.79. The number of thiazole rings is 1. The molecule has 3 aromatic rings. The summed E-state index contributed by atoms with van der Waals surface area (Å²) < 4.78 is 0. The molecule has 21 heavy (non-hydrogen) atoms. The lowest BCUT2D eigenvalue weighted by molar-refractivity contribution is 0.101. The molecule has 3 rings (SSSR count). The molecule has 0 bridgehead atoms. The molecule has 2 heterocycles. The predicted octanol–water partition coefficient (Wildman–Crippen LogP) is 3.16. The number of benzene rings is 1. The number of carbonyl (C=O) groups is 1. The van der Waals surface area contributed by atoms with Crippen LogP contribution in [0.1, 0.15) is 15.6 Å². The molecular formula is C15H12N4OS.